The van der Waals surface area contributed by atoms with Crippen LogP contribution in [0.2, 0.25) is 0 Å². The fraction of sp³-hybridized carbons (Fsp3) is 0.217. The molecule has 0 spiro atoms. The van der Waals surface area contributed by atoms with E-state index in [4.69, 9.17) is 0 Å². The maximum absolute atomic E-state index is 13.1. The molecule has 0 radical (unpaired) electrons. The summed E-state index contributed by atoms with van der Waals surface area (Å²) >= 11 is 0. The lowest BCUT2D eigenvalue weighted by molar-refractivity contribution is -0.120. The molecule has 2 aromatic heterocycles. The molecule has 0 fully saturated rings. The molecule has 0 saturated heterocycles. The van der Waals surface area contributed by atoms with E-state index in [-0.39, 0.29) is 17.5 Å². The van der Waals surface area contributed by atoms with Gasteiger partial charge >= 0.3 is 0 Å². The normalized spacial score (nSPS) is 18.4. The molecule has 2 atom stereocenters. The van der Waals surface area contributed by atoms with Gasteiger partial charge in [0.05, 0.1) is 0 Å². The Balaban J connectivity index is 1.52. The Morgan fingerprint density at radius 1 is 1.30 bits per heavy atom. The molecule has 1 aliphatic rings. The minimum Gasteiger partial charge on any atom is -0.338 e. The number of fused-ring (bicyclic) bond motifs is 1. The second-order valence-corrected chi connectivity index (χ2v) is 7.38. The fourth-order valence-electron chi connectivity index (χ4n) is 3.75. The molecule has 0 unspecified atom stereocenters. The van der Waals surface area contributed by atoms with Crippen LogP contribution in [0.1, 0.15) is 27.3 Å². The summed E-state index contributed by atoms with van der Waals surface area (Å²) in [6.07, 6.45) is 4.57. The number of anilines is 1. The van der Waals surface area contributed by atoms with Crippen LogP contribution < -0.4 is 10.2 Å². The number of carbonyl (C=O) groups excluding carboxylic acids is 2. The van der Waals surface area contributed by atoms with Crippen LogP contribution in [-0.4, -0.2) is 40.1 Å². The largest absolute Gasteiger partial charge is 0.338 e. The van der Waals surface area contributed by atoms with E-state index >= 15 is 0 Å². The number of nitrogens with zero attached hydrogens (tertiary/aromatic N) is 3. The molecule has 0 bridgehead atoms. The van der Waals surface area contributed by atoms with Gasteiger partial charge in [0.2, 0.25) is 0 Å². The standard InChI is InChI=1S/C23H23N5O2/c1-3-16-13-17-10-7-11-24-21(17)28(2)23(30)20(16)25-22(29)19-14-18(26-27-19)12-15-8-5-4-6-9-15/h3-11,14,16,20H,1,12-13H2,2H3,(H,25,29)(H,26,27)/t16-,20-/m1/s1. The number of hydrogen-bond acceptors (Lipinski definition) is 4. The van der Waals surface area contributed by atoms with Crippen molar-refractivity contribution in [3.63, 3.8) is 0 Å². The van der Waals surface area contributed by atoms with Gasteiger partial charge in [0.25, 0.3) is 11.8 Å². The third kappa shape index (κ3) is 3.87. The Bertz CT molecular complexity index is 1080. The number of carbonyl (C=O) groups is 2. The van der Waals surface area contributed by atoms with Crippen LogP contribution in [0.5, 0.6) is 0 Å². The van der Waals surface area contributed by atoms with Crippen LogP contribution in [0.3, 0.4) is 0 Å². The third-order valence-electron chi connectivity index (χ3n) is 5.36. The Morgan fingerprint density at radius 3 is 2.87 bits per heavy atom. The van der Waals surface area contributed by atoms with Gasteiger partial charge < -0.3 is 5.32 Å². The van der Waals surface area contributed by atoms with Crippen LogP contribution in [0.4, 0.5) is 5.82 Å². The number of benzene rings is 1. The minimum absolute atomic E-state index is 0.231. The number of rotatable bonds is 5. The second-order valence-electron chi connectivity index (χ2n) is 7.38. The van der Waals surface area contributed by atoms with Gasteiger partial charge in [-0.15, -0.1) is 6.58 Å². The number of pyridine rings is 1. The van der Waals surface area contributed by atoms with Crippen molar-refractivity contribution in [2.24, 2.45) is 5.92 Å². The monoisotopic (exact) mass is 401 g/mol. The molecule has 4 rings (SSSR count). The SMILES string of the molecule is C=C[C@@H]1Cc2cccnc2N(C)C(=O)[C@@H]1NC(=O)c1cc(Cc2ccccc2)[nH]n1. The van der Waals surface area contributed by atoms with Crippen molar-refractivity contribution in [1.29, 1.82) is 0 Å². The van der Waals surface area contributed by atoms with E-state index in [2.05, 4.69) is 27.1 Å². The van der Waals surface area contributed by atoms with Crippen molar-refractivity contribution in [3.05, 3.63) is 89.9 Å². The lowest BCUT2D eigenvalue weighted by Crippen LogP contribution is -2.50. The first kappa shape index (κ1) is 19.6. The van der Waals surface area contributed by atoms with Gasteiger partial charge in [0, 0.05) is 31.3 Å². The maximum atomic E-state index is 13.1. The highest BCUT2D eigenvalue weighted by atomic mass is 16.2. The zero-order valence-corrected chi connectivity index (χ0v) is 16.7. The molecule has 1 aromatic carbocycles. The Labute approximate surface area is 174 Å². The molecular weight excluding hydrogens is 378 g/mol. The lowest BCUT2D eigenvalue weighted by Gasteiger charge is -2.24. The lowest BCUT2D eigenvalue weighted by atomic mass is 9.93. The molecule has 7 nitrogen and oxygen atoms in total. The van der Waals surface area contributed by atoms with Gasteiger partial charge in [-0.05, 0) is 29.7 Å². The summed E-state index contributed by atoms with van der Waals surface area (Å²) in [4.78, 5) is 31.8. The van der Waals surface area contributed by atoms with Crippen LogP contribution in [0.25, 0.3) is 0 Å². The number of H-pyrrole nitrogens is 1. The van der Waals surface area contributed by atoms with Crippen molar-refractivity contribution >= 4 is 17.6 Å². The molecule has 0 aliphatic carbocycles. The van der Waals surface area contributed by atoms with E-state index in [1.807, 2.05) is 42.5 Å². The van der Waals surface area contributed by atoms with Crippen LogP contribution in [0.15, 0.2) is 67.4 Å². The second kappa shape index (κ2) is 8.32. The molecule has 7 heteroatoms. The van der Waals surface area contributed by atoms with E-state index in [9.17, 15) is 9.59 Å². The average molecular weight is 401 g/mol. The third-order valence-corrected chi connectivity index (χ3v) is 5.36. The van der Waals surface area contributed by atoms with E-state index in [0.717, 1.165) is 16.8 Å². The molecule has 152 valence electrons. The first-order valence-electron chi connectivity index (χ1n) is 9.80. The summed E-state index contributed by atoms with van der Waals surface area (Å²) in [7, 11) is 1.67. The maximum Gasteiger partial charge on any atom is 0.272 e. The Hall–Kier alpha value is -3.74. The summed E-state index contributed by atoms with van der Waals surface area (Å²) in [6, 6.07) is 14.7. The minimum atomic E-state index is -0.747. The van der Waals surface area contributed by atoms with Crippen molar-refractivity contribution in [3.8, 4) is 0 Å². The van der Waals surface area contributed by atoms with E-state index < -0.39 is 11.9 Å². The number of nitrogens with one attached hydrogen (secondary N) is 2. The number of amides is 2. The number of aromatic amines is 1. The summed E-state index contributed by atoms with van der Waals surface area (Å²) < 4.78 is 0. The summed E-state index contributed by atoms with van der Waals surface area (Å²) in [5, 5.41) is 9.90. The number of likely N-dealkylation sites (N-methyl/N-ethyl adjacent to an activating group) is 1. The van der Waals surface area contributed by atoms with Gasteiger partial charge in [0.15, 0.2) is 0 Å². The molecule has 2 amide bonds. The number of aromatic nitrogens is 3. The summed E-state index contributed by atoms with van der Waals surface area (Å²) in [5.41, 5.74) is 3.14. The zero-order valence-electron chi connectivity index (χ0n) is 16.7. The smallest absolute Gasteiger partial charge is 0.272 e. The molecule has 0 saturated carbocycles. The van der Waals surface area contributed by atoms with Crippen LogP contribution >= 0.6 is 0 Å². The van der Waals surface area contributed by atoms with Gasteiger partial charge in [0.1, 0.15) is 17.6 Å². The zero-order chi connectivity index (χ0) is 21.1. The quantitative estimate of drug-likeness (QED) is 0.643. The van der Waals surface area contributed by atoms with Crippen LogP contribution in [0, 0.1) is 5.92 Å². The number of hydrogen-bond donors (Lipinski definition) is 2. The summed E-state index contributed by atoms with van der Waals surface area (Å²) in [5.74, 6) is -0.276. The van der Waals surface area contributed by atoms with Crippen molar-refractivity contribution in [2.45, 2.75) is 18.9 Å². The first-order valence-corrected chi connectivity index (χ1v) is 9.80. The Morgan fingerprint density at radius 2 is 2.10 bits per heavy atom. The van der Waals surface area contributed by atoms with Gasteiger partial charge in [-0.3, -0.25) is 19.6 Å². The van der Waals surface area contributed by atoms with Crippen molar-refractivity contribution < 1.29 is 9.59 Å². The molecule has 2 N–H and O–H groups in total. The molecule has 1 aliphatic heterocycles. The van der Waals surface area contributed by atoms with E-state index in [0.29, 0.717) is 18.7 Å². The predicted molar refractivity (Wildman–Crippen MR) is 114 cm³/mol. The highest BCUT2D eigenvalue weighted by molar-refractivity contribution is 6.02. The predicted octanol–water partition coefficient (Wildman–Crippen LogP) is 2.52. The van der Waals surface area contributed by atoms with Crippen molar-refractivity contribution in [2.75, 3.05) is 11.9 Å². The molecule has 3 aromatic rings. The van der Waals surface area contributed by atoms with Gasteiger partial charge in [-0.2, -0.15) is 5.10 Å². The van der Waals surface area contributed by atoms with E-state index in [1.165, 1.54) is 4.90 Å². The molecular formula is C23H23N5O2. The topological polar surface area (TPSA) is 91.0 Å². The fourth-order valence-corrected chi connectivity index (χ4v) is 3.75. The Kier molecular flexibility index (Phi) is 5.43. The molecule has 30 heavy (non-hydrogen) atoms. The average Bonchev–Trinajstić information content (AvgIpc) is 3.21. The van der Waals surface area contributed by atoms with Crippen molar-refractivity contribution in [1.82, 2.24) is 20.5 Å². The first-order chi connectivity index (χ1) is 14.6. The summed E-state index contributed by atoms with van der Waals surface area (Å²) in [6.45, 7) is 3.88. The van der Waals surface area contributed by atoms with E-state index in [1.54, 1.807) is 25.4 Å². The van der Waals surface area contributed by atoms with Gasteiger partial charge in [-0.1, -0.05) is 42.5 Å². The van der Waals surface area contributed by atoms with Crippen LogP contribution in [-0.2, 0) is 17.6 Å². The highest BCUT2D eigenvalue weighted by Gasteiger charge is 2.36. The van der Waals surface area contributed by atoms with Gasteiger partial charge in [-0.25, -0.2) is 4.98 Å². The molecule has 3 heterocycles. The highest BCUT2D eigenvalue weighted by Crippen LogP contribution is 2.27.